The van der Waals surface area contributed by atoms with Crippen LogP contribution in [0.3, 0.4) is 0 Å². The second kappa shape index (κ2) is 14.9. The number of furan rings is 2. The van der Waals surface area contributed by atoms with E-state index >= 15 is 0 Å². The molecule has 0 radical (unpaired) electrons. The summed E-state index contributed by atoms with van der Waals surface area (Å²) < 4.78 is 14.1. The van der Waals surface area contributed by atoms with Crippen LogP contribution in [0.25, 0.3) is 43.9 Å². The molecule has 0 fully saturated rings. The molecule has 342 valence electrons. The first-order valence-corrected chi connectivity index (χ1v) is 25.5. The molecular formula is C66H40B2N4O2. The van der Waals surface area contributed by atoms with Crippen molar-refractivity contribution in [3.05, 3.63) is 243 Å². The highest BCUT2D eigenvalue weighted by Crippen LogP contribution is 2.51. The normalized spacial score (nSPS) is 13.8. The lowest BCUT2D eigenvalue weighted by molar-refractivity contribution is 0.669. The standard InChI is InChI=1S/C66H40B2N4O2/c1-5-19-41(20-6-1)69-53-29-17-31-55-61(53)67(49-37-35-47-45-27-13-15-33-59(45)73-65(47)63(49)71(55)43-23-9-3-10-24-43)51-39-52-58(40-57(51)69)70(42-21-7-2-8-22-42)54-30-18-32-56-62(54)68(52)50-38-36-48-46-28-14-16-34-60(46)74-66(48)64(50)72(56)44-25-11-4-12-26-44/h1-40H. The zero-order valence-corrected chi connectivity index (χ0v) is 39.9. The van der Waals surface area contributed by atoms with Gasteiger partial charge >= 0.3 is 0 Å². The number of hydrogen-bond acceptors (Lipinski definition) is 6. The van der Waals surface area contributed by atoms with Gasteiger partial charge in [-0.3, -0.25) is 0 Å². The Labute approximate surface area is 427 Å². The van der Waals surface area contributed by atoms with Crippen LogP contribution in [-0.4, -0.2) is 13.4 Å². The molecule has 8 heteroatoms. The summed E-state index contributed by atoms with van der Waals surface area (Å²) in [5.41, 5.74) is 24.3. The lowest BCUT2D eigenvalue weighted by atomic mass is 9.30. The molecule has 2 aromatic heterocycles. The van der Waals surface area contributed by atoms with E-state index in [1.54, 1.807) is 0 Å². The van der Waals surface area contributed by atoms with Gasteiger partial charge in [-0.25, -0.2) is 0 Å². The van der Waals surface area contributed by atoms with Crippen LogP contribution in [0.4, 0.5) is 68.2 Å². The molecule has 74 heavy (non-hydrogen) atoms. The van der Waals surface area contributed by atoms with Gasteiger partial charge in [0.1, 0.15) is 11.2 Å². The minimum Gasteiger partial charge on any atom is -0.454 e. The van der Waals surface area contributed by atoms with Crippen LogP contribution in [0, 0.1) is 0 Å². The molecule has 0 unspecified atom stereocenters. The minimum absolute atomic E-state index is 0.155. The largest absolute Gasteiger partial charge is 0.454 e. The van der Waals surface area contributed by atoms with Gasteiger partial charge in [0.25, 0.3) is 13.4 Å². The van der Waals surface area contributed by atoms with Gasteiger partial charge in [0.15, 0.2) is 11.2 Å². The topological polar surface area (TPSA) is 39.2 Å². The van der Waals surface area contributed by atoms with Gasteiger partial charge in [0.05, 0.1) is 11.4 Å². The summed E-state index contributed by atoms with van der Waals surface area (Å²) in [5.74, 6) is 0. The number of rotatable bonds is 4. The van der Waals surface area contributed by atoms with Crippen LogP contribution in [0.2, 0.25) is 0 Å². The van der Waals surface area contributed by atoms with Crippen LogP contribution in [0.1, 0.15) is 0 Å². The summed E-state index contributed by atoms with van der Waals surface area (Å²) >= 11 is 0. The fraction of sp³-hybridized carbons (Fsp3) is 0. The molecule has 0 saturated carbocycles. The Hall–Kier alpha value is -9.65. The Kier molecular flexibility index (Phi) is 8.08. The number of fused-ring (bicyclic) bond motifs is 16. The fourth-order valence-electron chi connectivity index (χ4n) is 13.3. The summed E-state index contributed by atoms with van der Waals surface area (Å²) in [6.45, 7) is -0.310. The molecule has 0 amide bonds. The summed E-state index contributed by atoms with van der Waals surface area (Å²) in [6, 6.07) is 88.5. The molecule has 0 spiro atoms. The van der Waals surface area contributed by atoms with Crippen molar-refractivity contribution in [2.45, 2.75) is 0 Å². The van der Waals surface area contributed by atoms with Crippen molar-refractivity contribution in [3.63, 3.8) is 0 Å². The third kappa shape index (κ3) is 5.30. The van der Waals surface area contributed by atoms with Gasteiger partial charge in [0, 0.05) is 78.4 Å². The minimum atomic E-state index is -0.155. The highest BCUT2D eigenvalue weighted by atomic mass is 16.3. The van der Waals surface area contributed by atoms with E-state index < -0.39 is 0 Å². The molecule has 17 rings (SSSR count). The lowest BCUT2D eigenvalue weighted by Crippen LogP contribution is -2.65. The summed E-state index contributed by atoms with van der Waals surface area (Å²) in [7, 11) is 0. The van der Waals surface area contributed by atoms with Crippen molar-refractivity contribution in [1.82, 2.24) is 0 Å². The molecule has 0 aliphatic carbocycles. The van der Waals surface area contributed by atoms with Crippen LogP contribution >= 0.6 is 0 Å². The van der Waals surface area contributed by atoms with E-state index in [4.69, 9.17) is 8.83 Å². The van der Waals surface area contributed by atoms with Crippen LogP contribution in [-0.2, 0) is 0 Å². The third-order valence-electron chi connectivity index (χ3n) is 16.2. The van der Waals surface area contributed by atoms with E-state index in [9.17, 15) is 0 Å². The van der Waals surface area contributed by atoms with E-state index in [0.29, 0.717) is 0 Å². The Bertz CT molecular complexity index is 4200. The Morgan fingerprint density at radius 1 is 0.257 bits per heavy atom. The van der Waals surface area contributed by atoms with E-state index in [0.717, 1.165) is 112 Å². The van der Waals surface area contributed by atoms with Crippen molar-refractivity contribution in [2.24, 2.45) is 0 Å². The van der Waals surface area contributed by atoms with Crippen molar-refractivity contribution in [2.75, 3.05) is 19.6 Å². The number of hydrogen-bond donors (Lipinski definition) is 0. The first kappa shape index (κ1) is 40.0. The summed E-state index contributed by atoms with van der Waals surface area (Å²) in [5, 5.41) is 4.43. The molecule has 6 nitrogen and oxygen atoms in total. The molecule has 4 aliphatic rings. The average molecular weight is 943 g/mol. The molecule has 0 bridgehead atoms. The van der Waals surface area contributed by atoms with Crippen LogP contribution < -0.4 is 52.4 Å². The first-order valence-electron chi connectivity index (χ1n) is 25.5. The smallest absolute Gasteiger partial charge is 0.252 e. The van der Waals surface area contributed by atoms with E-state index in [-0.39, 0.29) is 13.4 Å². The zero-order valence-electron chi connectivity index (χ0n) is 39.9. The second-order valence-corrected chi connectivity index (χ2v) is 19.9. The number of anilines is 12. The maximum Gasteiger partial charge on any atom is 0.252 e. The second-order valence-electron chi connectivity index (χ2n) is 19.9. The van der Waals surface area contributed by atoms with E-state index in [1.807, 2.05) is 0 Å². The Morgan fingerprint density at radius 3 is 1.01 bits per heavy atom. The quantitative estimate of drug-likeness (QED) is 0.164. The fourth-order valence-corrected chi connectivity index (χ4v) is 13.3. The number of benzene rings is 11. The zero-order chi connectivity index (χ0) is 48.2. The van der Waals surface area contributed by atoms with Gasteiger partial charge < -0.3 is 28.4 Å². The van der Waals surface area contributed by atoms with E-state index in [2.05, 4.69) is 262 Å². The highest BCUT2D eigenvalue weighted by molar-refractivity contribution is 7.03. The summed E-state index contributed by atoms with van der Waals surface area (Å²) in [6.07, 6.45) is 0. The monoisotopic (exact) mass is 942 g/mol. The summed E-state index contributed by atoms with van der Waals surface area (Å²) in [4.78, 5) is 9.93. The lowest BCUT2D eigenvalue weighted by Gasteiger charge is -2.47. The predicted molar refractivity (Wildman–Crippen MR) is 309 cm³/mol. The van der Waals surface area contributed by atoms with Crippen molar-refractivity contribution >= 4 is 158 Å². The van der Waals surface area contributed by atoms with Gasteiger partial charge in [-0.05, 0) is 124 Å². The number of nitrogens with zero attached hydrogens (tertiary/aromatic N) is 4. The molecule has 0 atom stereocenters. The molecule has 4 aliphatic heterocycles. The first-order chi connectivity index (χ1) is 36.8. The maximum absolute atomic E-state index is 7.06. The molecule has 6 heterocycles. The molecule has 13 aromatic rings. The van der Waals surface area contributed by atoms with Gasteiger partial charge in [-0.1, -0.05) is 152 Å². The molecule has 0 N–H and O–H groups in total. The predicted octanol–water partition coefficient (Wildman–Crippen LogP) is 13.7. The van der Waals surface area contributed by atoms with Crippen molar-refractivity contribution in [1.29, 1.82) is 0 Å². The van der Waals surface area contributed by atoms with Crippen LogP contribution in [0.5, 0.6) is 0 Å². The number of para-hydroxylation sites is 6. The third-order valence-corrected chi connectivity index (χ3v) is 16.2. The van der Waals surface area contributed by atoms with Crippen molar-refractivity contribution < 1.29 is 8.83 Å². The highest BCUT2D eigenvalue weighted by Gasteiger charge is 2.49. The van der Waals surface area contributed by atoms with E-state index in [1.165, 1.54) is 32.8 Å². The van der Waals surface area contributed by atoms with Crippen molar-refractivity contribution in [3.8, 4) is 0 Å². The Balaban J connectivity index is 1.01. The van der Waals surface area contributed by atoms with Gasteiger partial charge in [0.2, 0.25) is 0 Å². The maximum atomic E-state index is 7.06. The van der Waals surface area contributed by atoms with Gasteiger partial charge in [-0.15, -0.1) is 0 Å². The Morgan fingerprint density at radius 2 is 0.608 bits per heavy atom. The molecule has 0 saturated heterocycles. The SMILES string of the molecule is c1ccc(N2c3cc4c(cc3B3c5ccc6c(oc7ccccc76)c5N(c5ccccc5)c5cccc2c53)B2c3ccc5c(oc6ccccc65)c3N(c3ccccc3)c3cccc(c32)N4c2ccccc2)cc1. The molecule has 11 aromatic carbocycles. The van der Waals surface area contributed by atoms with Crippen LogP contribution in [0.15, 0.2) is 251 Å². The van der Waals surface area contributed by atoms with Gasteiger partial charge in [-0.2, -0.15) is 0 Å². The average Bonchev–Trinajstić information content (AvgIpc) is 4.12. The molecular weight excluding hydrogens is 902 g/mol.